The molecule has 0 heterocycles. The van der Waals surface area contributed by atoms with Crippen LogP contribution in [0, 0.1) is 0 Å². The van der Waals surface area contributed by atoms with Gasteiger partial charge in [-0.15, -0.1) is 0 Å². The van der Waals surface area contributed by atoms with E-state index in [0.29, 0.717) is 0 Å². The predicted octanol–water partition coefficient (Wildman–Crippen LogP) is 2.74. The van der Waals surface area contributed by atoms with Crippen molar-refractivity contribution < 1.29 is 0 Å². The lowest BCUT2D eigenvalue weighted by atomic mass is 9.92. The third kappa shape index (κ3) is 2.04. The van der Waals surface area contributed by atoms with Crippen molar-refractivity contribution in [1.29, 1.82) is 0 Å². The molecule has 0 saturated carbocycles. The van der Waals surface area contributed by atoms with Crippen LogP contribution in [0.1, 0.15) is 25.7 Å². The van der Waals surface area contributed by atoms with Gasteiger partial charge in [-0.05, 0) is 36.8 Å². The van der Waals surface area contributed by atoms with E-state index in [1.807, 2.05) is 19.3 Å². The first-order valence-corrected chi connectivity index (χ1v) is 4.15. The van der Waals surface area contributed by atoms with Crippen LogP contribution in [-0.2, 0) is 0 Å². The molecule has 0 aromatic rings. The second kappa shape index (κ2) is 4.12. The van der Waals surface area contributed by atoms with Crippen LogP contribution in [0.3, 0.4) is 0 Å². The molecular weight excluding hydrogens is 134 g/mol. The fourth-order valence-corrected chi connectivity index (χ4v) is 1.49. The topological polar surface area (TPSA) is 12.4 Å². The Balaban J connectivity index is 2.81. The highest BCUT2D eigenvalue weighted by molar-refractivity contribution is 5.80. The fraction of sp³-hybridized carbons (Fsp3) is 0.500. The minimum absolute atomic E-state index is 1.18. The number of nitrogens with zero attached hydrogens (tertiary/aromatic N) is 1. The fourth-order valence-electron chi connectivity index (χ4n) is 1.49. The summed E-state index contributed by atoms with van der Waals surface area (Å²) in [6.07, 6.45) is 8.91. The third-order valence-electron chi connectivity index (χ3n) is 2.09. The molecule has 11 heavy (non-hydrogen) atoms. The summed E-state index contributed by atoms with van der Waals surface area (Å²) in [7, 11) is 1.82. The first-order chi connectivity index (χ1) is 5.38. The molecule has 0 bridgehead atoms. The minimum atomic E-state index is 1.18. The Bertz CT molecular complexity index is 199. The number of hydrogen-bond acceptors (Lipinski definition) is 1. The van der Waals surface area contributed by atoms with E-state index in [1.54, 1.807) is 0 Å². The monoisotopic (exact) mass is 149 g/mol. The predicted molar refractivity (Wildman–Crippen MR) is 50.1 cm³/mol. The molecule has 0 aromatic heterocycles. The van der Waals surface area contributed by atoms with E-state index in [9.17, 15) is 0 Å². The molecule has 0 aliphatic heterocycles. The summed E-state index contributed by atoms with van der Waals surface area (Å²) in [6, 6.07) is 0. The number of allylic oxidation sites excluding steroid dienone is 3. The highest BCUT2D eigenvalue weighted by Crippen LogP contribution is 2.23. The molecule has 1 rings (SSSR count). The second-order valence-electron chi connectivity index (χ2n) is 2.85. The van der Waals surface area contributed by atoms with Crippen molar-refractivity contribution in [2.24, 2.45) is 4.99 Å². The lowest BCUT2D eigenvalue weighted by Crippen LogP contribution is -1.98. The van der Waals surface area contributed by atoms with Gasteiger partial charge in [-0.1, -0.05) is 12.7 Å². The maximum Gasteiger partial charge on any atom is 0.0277 e. The zero-order valence-corrected chi connectivity index (χ0v) is 7.14. The van der Waals surface area contributed by atoms with Gasteiger partial charge in [0.05, 0.1) is 0 Å². The van der Waals surface area contributed by atoms with Crippen molar-refractivity contribution in [2.75, 3.05) is 7.05 Å². The summed E-state index contributed by atoms with van der Waals surface area (Å²) in [6.45, 7) is 3.80. The van der Waals surface area contributed by atoms with E-state index in [2.05, 4.69) is 11.6 Å². The molecule has 0 N–H and O–H groups in total. The standard InChI is InChI=1S/C10H15N/c1-3-9-6-4-5-7-10(9)8-11-2/h3,8H,1,4-7H2,2H3/b11-8-. The molecule has 0 aromatic carbocycles. The van der Waals surface area contributed by atoms with E-state index < -0.39 is 0 Å². The average Bonchev–Trinajstić information content (AvgIpc) is 2.06. The quantitative estimate of drug-likeness (QED) is 0.535. The van der Waals surface area contributed by atoms with Crippen LogP contribution in [-0.4, -0.2) is 13.3 Å². The zero-order chi connectivity index (χ0) is 8.10. The highest BCUT2D eigenvalue weighted by Gasteiger charge is 2.07. The SMILES string of the molecule is C=CC1=C(/C=N\C)CCCC1. The van der Waals surface area contributed by atoms with Gasteiger partial charge in [0.1, 0.15) is 0 Å². The maximum absolute atomic E-state index is 4.03. The van der Waals surface area contributed by atoms with Crippen molar-refractivity contribution in [3.8, 4) is 0 Å². The molecule has 60 valence electrons. The lowest BCUT2D eigenvalue weighted by Gasteiger charge is -2.13. The normalized spacial score (nSPS) is 19.4. The van der Waals surface area contributed by atoms with Crippen LogP contribution in [0.25, 0.3) is 0 Å². The van der Waals surface area contributed by atoms with Gasteiger partial charge in [0.15, 0.2) is 0 Å². The molecule has 1 nitrogen and oxygen atoms in total. The molecule has 0 saturated heterocycles. The van der Waals surface area contributed by atoms with E-state index in [0.717, 1.165) is 0 Å². The van der Waals surface area contributed by atoms with Crippen LogP contribution in [0.2, 0.25) is 0 Å². The van der Waals surface area contributed by atoms with Crippen LogP contribution in [0.5, 0.6) is 0 Å². The third-order valence-corrected chi connectivity index (χ3v) is 2.09. The molecule has 0 atom stereocenters. The molecule has 0 amide bonds. The van der Waals surface area contributed by atoms with Gasteiger partial charge < -0.3 is 0 Å². The Morgan fingerprint density at radius 2 is 1.91 bits per heavy atom. The van der Waals surface area contributed by atoms with Crippen molar-refractivity contribution in [3.63, 3.8) is 0 Å². The Hall–Kier alpha value is -0.850. The largest absolute Gasteiger partial charge is 0.296 e. The Morgan fingerprint density at radius 3 is 2.45 bits per heavy atom. The van der Waals surface area contributed by atoms with E-state index >= 15 is 0 Å². The van der Waals surface area contributed by atoms with Crippen LogP contribution in [0.15, 0.2) is 28.8 Å². The molecule has 0 radical (unpaired) electrons. The Labute approximate surface area is 68.5 Å². The first kappa shape index (κ1) is 8.25. The maximum atomic E-state index is 4.03. The van der Waals surface area contributed by atoms with E-state index in [1.165, 1.54) is 36.8 Å². The van der Waals surface area contributed by atoms with Crippen molar-refractivity contribution in [2.45, 2.75) is 25.7 Å². The van der Waals surface area contributed by atoms with Gasteiger partial charge in [0.2, 0.25) is 0 Å². The van der Waals surface area contributed by atoms with Gasteiger partial charge in [-0.2, -0.15) is 0 Å². The number of aliphatic imine (C=N–C) groups is 1. The van der Waals surface area contributed by atoms with E-state index in [4.69, 9.17) is 0 Å². The summed E-state index contributed by atoms with van der Waals surface area (Å²) in [5.74, 6) is 0. The summed E-state index contributed by atoms with van der Waals surface area (Å²) < 4.78 is 0. The smallest absolute Gasteiger partial charge is 0.0277 e. The number of rotatable bonds is 2. The summed E-state index contributed by atoms with van der Waals surface area (Å²) in [5.41, 5.74) is 2.77. The van der Waals surface area contributed by atoms with Crippen molar-refractivity contribution >= 4 is 6.21 Å². The molecule has 0 fully saturated rings. The first-order valence-electron chi connectivity index (χ1n) is 4.15. The molecule has 0 unspecified atom stereocenters. The van der Waals surface area contributed by atoms with Crippen LogP contribution >= 0.6 is 0 Å². The Kier molecular flexibility index (Phi) is 3.09. The summed E-state index contributed by atoms with van der Waals surface area (Å²) in [4.78, 5) is 4.03. The van der Waals surface area contributed by atoms with Gasteiger partial charge in [-0.3, -0.25) is 4.99 Å². The van der Waals surface area contributed by atoms with E-state index in [-0.39, 0.29) is 0 Å². The molecule has 1 aliphatic carbocycles. The lowest BCUT2D eigenvalue weighted by molar-refractivity contribution is 0.700. The molecule has 0 spiro atoms. The molecule has 1 heteroatoms. The van der Waals surface area contributed by atoms with Crippen molar-refractivity contribution in [3.05, 3.63) is 23.8 Å². The van der Waals surface area contributed by atoms with Gasteiger partial charge in [0, 0.05) is 13.3 Å². The minimum Gasteiger partial charge on any atom is -0.296 e. The number of hydrogen-bond donors (Lipinski definition) is 0. The zero-order valence-electron chi connectivity index (χ0n) is 7.14. The van der Waals surface area contributed by atoms with Crippen LogP contribution < -0.4 is 0 Å². The Morgan fingerprint density at radius 1 is 1.27 bits per heavy atom. The van der Waals surface area contributed by atoms with Crippen molar-refractivity contribution in [1.82, 2.24) is 0 Å². The highest BCUT2D eigenvalue weighted by atomic mass is 14.6. The van der Waals surface area contributed by atoms with Crippen LogP contribution in [0.4, 0.5) is 0 Å². The molecule has 1 aliphatic rings. The van der Waals surface area contributed by atoms with Gasteiger partial charge in [-0.25, -0.2) is 0 Å². The van der Waals surface area contributed by atoms with Gasteiger partial charge in [0.25, 0.3) is 0 Å². The second-order valence-corrected chi connectivity index (χ2v) is 2.85. The average molecular weight is 149 g/mol. The van der Waals surface area contributed by atoms with Gasteiger partial charge >= 0.3 is 0 Å². The molecular formula is C10H15N. The summed E-state index contributed by atoms with van der Waals surface area (Å²) in [5, 5.41) is 0. The summed E-state index contributed by atoms with van der Waals surface area (Å²) >= 11 is 0.